The van der Waals surface area contributed by atoms with Crippen molar-refractivity contribution < 1.29 is 4.79 Å². The molecular weight excluding hydrogens is 260 g/mol. The Morgan fingerprint density at radius 3 is 2.81 bits per heavy atom. The molecule has 3 rings (SSSR count). The largest absolute Gasteiger partial charge is 0.339 e. The summed E-state index contributed by atoms with van der Waals surface area (Å²) in [6.07, 6.45) is 5.03. The second-order valence-corrected chi connectivity index (χ2v) is 6.20. The van der Waals surface area contributed by atoms with Gasteiger partial charge in [-0.05, 0) is 43.4 Å². The molecule has 0 aliphatic carbocycles. The van der Waals surface area contributed by atoms with E-state index >= 15 is 0 Å². The van der Waals surface area contributed by atoms with Crippen LogP contribution in [0.1, 0.15) is 24.8 Å². The molecule has 0 N–H and O–H groups in total. The van der Waals surface area contributed by atoms with Crippen molar-refractivity contribution in [2.24, 2.45) is 5.92 Å². The monoisotopic (exact) mass is 284 g/mol. The van der Waals surface area contributed by atoms with Gasteiger partial charge in [-0.2, -0.15) is 0 Å². The normalized spacial score (nSPS) is 26.2. The summed E-state index contributed by atoms with van der Waals surface area (Å²) in [4.78, 5) is 16.4. The lowest BCUT2D eigenvalue weighted by molar-refractivity contribution is -0.129. The van der Waals surface area contributed by atoms with E-state index in [0.717, 1.165) is 26.1 Å². The number of likely N-dealkylation sites (tertiary alicyclic amines) is 2. The van der Waals surface area contributed by atoms with Gasteiger partial charge in [-0.1, -0.05) is 36.9 Å². The first-order valence-corrected chi connectivity index (χ1v) is 7.97. The molecule has 0 radical (unpaired) electrons. The lowest BCUT2D eigenvalue weighted by Gasteiger charge is -2.47. The Hall–Kier alpha value is -1.61. The van der Waals surface area contributed by atoms with Crippen LogP contribution >= 0.6 is 0 Å². The third-order valence-electron chi connectivity index (χ3n) is 4.90. The van der Waals surface area contributed by atoms with E-state index in [1.807, 2.05) is 4.90 Å². The summed E-state index contributed by atoms with van der Waals surface area (Å²) in [6, 6.07) is 11.3. The molecule has 2 unspecified atom stereocenters. The Labute approximate surface area is 127 Å². The van der Waals surface area contributed by atoms with Crippen LogP contribution < -0.4 is 0 Å². The number of rotatable bonds is 3. The van der Waals surface area contributed by atoms with E-state index in [0.29, 0.717) is 12.0 Å². The molecule has 2 saturated heterocycles. The fourth-order valence-corrected chi connectivity index (χ4v) is 3.85. The van der Waals surface area contributed by atoms with Crippen molar-refractivity contribution in [3.63, 3.8) is 0 Å². The van der Waals surface area contributed by atoms with Gasteiger partial charge in [0.15, 0.2) is 0 Å². The number of nitrogens with zero attached hydrogens (tertiary/aromatic N) is 2. The van der Waals surface area contributed by atoms with Gasteiger partial charge in [0.2, 0.25) is 5.91 Å². The number of hydrogen-bond donors (Lipinski definition) is 0. The number of hydrogen-bond acceptors (Lipinski definition) is 2. The lowest BCUT2D eigenvalue weighted by Crippen LogP contribution is -2.54. The highest BCUT2D eigenvalue weighted by Crippen LogP contribution is 2.31. The van der Waals surface area contributed by atoms with Crippen LogP contribution in [0.3, 0.4) is 0 Å². The zero-order valence-electron chi connectivity index (χ0n) is 12.6. The van der Waals surface area contributed by atoms with Gasteiger partial charge in [0.25, 0.3) is 0 Å². The SMILES string of the molecule is C=CC(=O)N1CCC2C(CCCN2Cc2ccccc2)C1. The molecule has 3 heteroatoms. The van der Waals surface area contributed by atoms with Gasteiger partial charge in [0, 0.05) is 25.7 Å². The Bertz CT molecular complexity index is 499. The van der Waals surface area contributed by atoms with Crippen molar-refractivity contribution in [3.8, 4) is 0 Å². The maximum atomic E-state index is 11.8. The molecule has 2 heterocycles. The van der Waals surface area contributed by atoms with Crippen molar-refractivity contribution >= 4 is 5.91 Å². The van der Waals surface area contributed by atoms with Gasteiger partial charge in [0.1, 0.15) is 0 Å². The maximum absolute atomic E-state index is 11.8. The predicted molar refractivity (Wildman–Crippen MR) is 84.8 cm³/mol. The van der Waals surface area contributed by atoms with Crippen LogP contribution in [0.5, 0.6) is 0 Å². The van der Waals surface area contributed by atoms with E-state index in [2.05, 4.69) is 41.8 Å². The molecule has 2 atom stereocenters. The summed E-state index contributed by atoms with van der Waals surface area (Å²) < 4.78 is 0. The van der Waals surface area contributed by atoms with Gasteiger partial charge >= 0.3 is 0 Å². The van der Waals surface area contributed by atoms with Gasteiger partial charge in [-0.25, -0.2) is 0 Å². The molecule has 0 bridgehead atoms. The Kier molecular flexibility index (Phi) is 4.39. The van der Waals surface area contributed by atoms with Crippen molar-refractivity contribution in [1.29, 1.82) is 0 Å². The third-order valence-corrected chi connectivity index (χ3v) is 4.90. The standard InChI is InChI=1S/C18H24N2O/c1-2-18(21)20-12-10-17-16(14-20)9-6-11-19(17)13-15-7-4-3-5-8-15/h2-5,7-8,16-17H,1,6,9-14H2. The highest BCUT2D eigenvalue weighted by atomic mass is 16.2. The van der Waals surface area contributed by atoms with E-state index < -0.39 is 0 Å². The molecule has 2 aliphatic rings. The molecular formula is C18H24N2O. The molecule has 1 aromatic rings. The van der Waals surface area contributed by atoms with Crippen LogP contribution in [0, 0.1) is 5.92 Å². The maximum Gasteiger partial charge on any atom is 0.245 e. The quantitative estimate of drug-likeness (QED) is 0.797. The fourth-order valence-electron chi connectivity index (χ4n) is 3.85. The van der Waals surface area contributed by atoms with E-state index in [9.17, 15) is 4.79 Å². The lowest BCUT2D eigenvalue weighted by atomic mass is 9.83. The van der Waals surface area contributed by atoms with Crippen molar-refractivity contribution in [2.75, 3.05) is 19.6 Å². The Morgan fingerprint density at radius 2 is 2.05 bits per heavy atom. The molecule has 3 nitrogen and oxygen atoms in total. The molecule has 2 aliphatic heterocycles. The topological polar surface area (TPSA) is 23.6 Å². The fraction of sp³-hybridized carbons (Fsp3) is 0.500. The first kappa shape index (κ1) is 14.3. The van der Waals surface area contributed by atoms with Crippen LogP contribution in [-0.2, 0) is 11.3 Å². The van der Waals surface area contributed by atoms with E-state index in [4.69, 9.17) is 0 Å². The Balaban J connectivity index is 1.66. The average Bonchev–Trinajstić information content (AvgIpc) is 2.55. The second kappa shape index (κ2) is 6.44. The summed E-state index contributed by atoms with van der Waals surface area (Å²) in [5.74, 6) is 0.716. The van der Waals surface area contributed by atoms with Crippen molar-refractivity contribution in [3.05, 3.63) is 48.6 Å². The molecule has 0 saturated carbocycles. The smallest absolute Gasteiger partial charge is 0.245 e. The molecule has 0 aromatic heterocycles. The van der Waals surface area contributed by atoms with Gasteiger partial charge < -0.3 is 4.90 Å². The Morgan fingerprint density at radius 1 is 1.24 bits per heavy atom. The molecule has 2 fully saturated rings. The van der Waals surface area contributed by atoms with E-state index in [-0.39, 0.29) is 5.91 Å². The number of carbonyl (C=O) groups excluding carboxylic acids is 1. The van der Waals surface area contributed by atoms with Crippen LogP contribution in [0.2, 0.25) is 0 Å². The van der Waals surface area contributed by atoms with Crippen molar-refractivity contribution in [1.82, 2.24) is 9.80 Å². The summed E-state index contributed by atoms with van der Waals surface area (Å²) >= 11 is 0. The van der Waals surface area contributed by atoms with E-state index in [1.54, 1.807) is 0 Å². The molecule has 21 heavy (non-hydrogen) atoms. The number of piperidine rings is 2. The highest BCUT2D eigenvalue weighted by Gasteiger charge is 2.36. The summed E-state index contributed by atoms with van der Waals surface area (Å²) in [5, 5.41) is 0. The zero-order chi connectivity index (χ0) is 14.7. The number of benzene rings is 1. The third kappa shape index (κ3) is 3.18. The van der Waals surface area contributed by atoms with Crippen LogP contribution in [0.15, 0.2) is 43.0 Å². The zero-order valence-corrected chi connectivity index (χ0v) is 12.6. The van der Waals surface area contributed by atoms with Gasteiger partial charge in [-0.15, -0.1) is 0 Å². The second-order valence-electron chi connectivity index (χ2n) is 6.20. The predicted octanol–water partition coefficient (Wildman–Crippen LogP) is 2.69. The number of fused-ring (bicyclic) bond motifs is 1. The van der Waals surface area contributed by atoms with E-state index in [1.165, 1.54) is 31.0 Å². The van der Waals surface area contributed by atoms with Gasteiger partial charge in [-0.3, -0.25) is 9.69 Å². The number of amides is 1. The molecule has 1 amide bonds. The minimum atomic E-state index is 0.0913. The summed E-state index contributed by atoms with van der Waals surface area (Å²) in [6.45, 7) is 7.61. The highest BCUT2D eigenvalue weighted by molar-refractivity contribution is 5.87. The molecule has 112 valence electrons. The molecule has 0 spiro atoms. The minimum Gasteiger partial charge on any atom is -0.339 e. The first-order valence-electron chi connectivity index (χ1n) is 7.97. The average molecular weight is 284 g/mol. The summed E-state index contributed by atoms with van der Waals surface area (Å²) in [5.41, 5.74) is 1.39. The molecule has 1 aromatic carbocycles. The first-order chi connectivity index (χ1) is 10.3. The van der Waals surface area contributed by atoms with Crippen LogP contribution in [-0.4, -0.2) is 41.4 Å². The van der Waals surface area contributed by atoms with Crippen LogP contribution in [0.4, 0.5) is 0 Å². The minimum absolute atomic E-state index is 0.0913. The summed E-state index contributed by atoms with van der Waals surface area (Å²) in [7, 11) is 0. The van der Waals surface area contributed by atoms with Crippen molar-refractivity contribution in [2.45, 2.75) is 31.8 Å². The number of carbonyl (C=O) groups is 1. The van der Waals surface area contributed by atoms with Crippen LogP contribution in [0.25, 0.3) is 0 Å². The van der Waals surface area contributed by atoms with Gasteiger partial charge in [0.05, 0.1) is 0 Å².